The molecule has 0 saturated heterocycles. The highest BCUT2D eigenvalue weighted by molar-refractivity contribution is 7.08. The molecule has 256 valence electrons. The van der Waals surface area contributed by atoms with Gasteiger partial charge in [0.2, 0.25) is 0 Å². The zero-order valence-electron chi connectivity index (χ0n) is 28.2. The maximum Gasteiger partial charge on any atom is 0.306 e. The standard InChI is InChI=1S/C40H48O7S/c1-3-43-39(41)19-13-24-46-38-18-12-17-32(37(38)20-21-40(42)44-4-2)16-10-5-6-11-23-45-35-26-34(33-22-25-48-30-33)27-36(28-35)47-29-31-14-8-7-9-15-31/h7-9,12,14-15,17-18,22,25-28,30H,3-6,10-11,13,16,19-21,23-24,29H2,1-2H3. The van der Waals surface area contributed by atoms with Crippen LogP contribution in [0.3, 0.4) is 0 Å². The summed E-state index contributed by atoms with van der Waals surface area (Å²) in [5.41, 5.74) is 5.59. The third-order valence-electron chi connectivity index (χ3n) is 7.79. The fraction of sp³-hybridized carbons (Fsp3) is 0.400. The SMILES string of the molecule is CCOC(=O)CCCOc1cccc(CCCCCCOc2cc(OCc3ccccc3)cc(-c3ccsc3)c2)c1CCC(=O)OCC. The van der Waals surface area contributed by atoms with E-state index in [9.17, 15) is 9.59 Å². The Kier molecular flexibility index (Phi) is 15.9. The van der Waals surface area contributed by atoms with Gasteiger partial charge in [-0.2, -0.15) is 11.3 Å². The minimum Gasteiger partial charge on any atom is -0.493 e. The molecule has 0 amide bonds. The van der Waals surface area contributed by atoms with Crippen LogP contribution in [0.1, 0.15) is 75.5 Å². The predicted molar refractivity (Wildman–Crippen MR) is 191 cm³/mol. The number of hydrogen-bond acceptors (Lipinski definition) is 8. The van der Waals surface area contributed by atoms with Gasteiger partial charge in [0.05, 0.1) is 26.4 Å². The second-order valence-electron chi connectivity index (χ2n) is 11.4. The van der Waals surface area contributed by atoms with Gasteiger partial charge < -0.3 is 23.7 Å². The van der Waals surface area contributed by atoms with E-state index in [1.54, 1.807) is 18.3 Å². The molecule has 0 spiro atoms. The molecule has 3 aromatic carbocycles. The molecule has 0 aliphatic carbocycles. The zero-order valence-corrected chi connectivity index (χ0v) is 29.1. The van der Waals surface area contributed by atoms with Crippen molar-refractivity contribution >= 4 is 23.3 Å². The van der Waals surface area contributed by atoms with Crippen molar-refractivity contribution in [2.75, 3.05) is 26.4 Å². The first-order valence-corrected chi connectivity index (χ1v) is 18.0. The molecular weight excluding hydrogens is 625 g/mol. The average molecular weight is 673 g/mol. The van der Waals surface area contributed by atoms with Crippen molar-refractivity contribution in [1.29, 1.82) is 0 Å². The van der Waals surface area contributed by atoms with Crippen LogP contribution in [0.25, 0.3) is 11.1 Å². The van der Waals surface area contributed by atoms with Crippen LogP contribution < -0.4 is 14.2 Å². The largest absolute Gasteiger partial charge is 0.493 e. The summed E-state index contributed by atoms with van der Waals surface area (Å²) in [7, 11) is 0. The summed E-state index contributed by atoms with van der Waals surface area (Å²) in [6, 6.07) is 24.5. The first-order chi connectivity index (χ1) is 23.6. The lowest BCUT2D eigenvalue weighted by molar-refractivity contribution is -0.144. The highest BCUT2D eigenvalue weighted by Gasteiger charge is 2.13. The summed E-state index contributed by atoms with van der Waals surface area (Å²) in [5.74, 6) is 1.95. The van der Waals surface area contributed by atoms with Crippen molar-refractivity contribution in [2.45, 2.75) is 78.2 Å². The number of ether oxygens (including phenoxy) is 5. The van der Waals surface area contributed by atoms with E-state index in [0.29, 0.717) is 58.7 Å². The minimum absolute atomic E-state index is 0.212. The number of carbonyl (C=O) groups is 2. The predicted octanol–water partition coefficient (Wildman–Crippen LogP) is 9.39. The zero-order chi connectivity index (χ0) is 33.8. The van der Waals surface area contributed by atoms with Gasteiger partial charge in [-0.25, -0.2) is 0 Å². The smallest absolute Gasteiger partial charge is 0.306 e. The molecule has 1 aromatic heterocycles. The molecule has 0 fully saturated rings. The second-order valence-corrected chi connectivity index (χ2v) is 12.2. The summed E-state index contributed by atoms with van der Waals surface area (Å²) in [6.45, 7) is 5.90. The topological polar surface area (TPSA) is 80.3 Å². The Morgan fingerprint density at radius 1 is 0.646 bits per heavy atom. The van der Waals surface area contributed by atoms with Gasteiger partial charge in [0, 0.05) is 18.9 Å². The summed E-state index contributed by atoms with van der Waals surface area (Å²) in [4.78, 5) is 23.9. The fourth-order valence-electron chi connectivity index (χ4n) is 5.39. The number of rotatable bonds is 22. The van der Waals surface area contributed by atoms with Crippen LogP contribution >= 0.6 is 11.3 Å². The van der Waals surface area contributed by atoms with Crippen LogP contribution in [0.15, 0.2) is 83.6 Å². The molecule has 0 unspecified atom stereocenters. The Morgan fingerprint density at radius 2 is 1.38 bits per heavy atom. The van der Waals surface area contributed by atoms with E-state index in [1.807, 2.05) is 43.3 Å². The Morgan fingerprint density at radius 3 is 2.12 bits per heavy atom. The monoisotopic (exact) mass is 672 g/mol. The number of aryl methyl sites for hydroxylation is 1. The Bertz CT molecular complexity index is 1520. The third-order valence-corrected chi connectivity index (χ3v) is 8.48. The van der Waals surface area contributed by atoms with E-state index in [1.165, 1.54) is 5.56 Å². The molecule has 0 radical (unpaired) electrons. The van der Waals surface area contributed by atoms with Gasteiger partial charge in [-0.05, 0) is 109 Å². The Balaban J connectivity index is 1.26. The van der Waals surface area contributed by atoms with Crippen molar-refractivity contribution < 1.29 is 33.3 Å². The lowest BCUT2D eigenvalue weighted by Crippen LogP contribution is -2.10. The molecule has 0 saturated carbocycles. The molecular formula is C40H48O7S. The van der Waals surface area contributed by atoms with Crippen molar-refractivity contribution in [3.05, 3.63) is 100 Å². The molecule has 0 N–H and O–H groups in total. The first-order valence-electron chi connectivity index (χ1n) is 17.1. The molecule has 4 rings (SSSR count). The maximum absolute atomic E-state index is 12.2. The van der Waals surface area contributed by atoms with E-state index in [2.05, 4.69) is 47.2 Å². The van der Waals surface area contributed by atoms with Gasteiger partial charge in [-0.15, -0.1) is 0 Å². The Hall–Kier alpha value is -4.30. The van der Waals surface area contributed by atoms with Crippen molar-refractivity contribution in [1.82, 2.24) is 0 Å². The average Bonchev–Trinajstić information content (AvgIpc) is 3.65. The molecule has 7 nitrogen and oxygen atoms in total. The molecule has 0 bridgehead atoms. The van der Waals surface area contributed by atoms with Gasteiger partial charge in [0.25, 0.3) is 0 Å². The van der Waals surface area contributed by atoms with Crippen LogP contribution in [-0.2, 0) is 38.5 Å². The van der Waals surface area contributed by atoms with Crippen LogP contribution in [0.4, 0.5) is 0 Å². The molecule has 48 heavy (non-hydrogen) atoms. The van der Waals surface area contributed by atoms with Crippen LogP contribution in [0, 0.1) is 0 Å². The lowest BCUT2D eigenvalue weighted by Gasteiger charge is -2.16. The van der Waals surface area contributed by atoms with E-state index in [0.717, 1.165) is 71.6 Å². The van der Waals surface area contributed by atoms with E-state index in [4.69, 9.17) is 23.7 Å². The second kappa shape index (κ2) is 20.8. The number of carbonyl (C=O) groups excluding carboxylic acids is 2. The number of unbranched alkanes of at least 4 members (excludes halogenated alkanes) is 3. The third kappa shape index (κ3) is 12.7. The number of esters is 2. The van der Waals surface area contributed by atoms with Crippen molar-refractivity contribution in [3.63, 3.8) is 0 Å². The van der Waals surface area contributed by atoms with Gasteiger partial charge in [0.1, 0.15) is 23.9 Å². The molecule has 4 aromatic rings. The summed E-state index contributed by atoms with van der Waals surface area (Å²) >= 11 is 1.67. The Labute approximate surface area is 289 Å². The lowest BCUT2D eigenvalue weighted by atomic mass is 9.96. The number of hydrogen-bond donors (Lipinski definition) is 0. The number of benzene rings is 3. The molecule has 8 heteroatoms. The normalized spacial score (nSPS) is 10.8. The van der Waals surface area contributed by atoms with E-state index < -0.39 is 0 Å². The van der Waals surface area contributed by atoms with Crippen molar-refractivity contribution in [2.24, 2.45) is 0 Å². The molecule has 0 aliphatic rings. The van der Waals surface area contributed by atoms with Gasteiger partial charge in [-0.3, -0.25) is 9.59 Å². The molecule has 1 heterocycles. The van der Waals surface area contributed by atoms with E-state index in [-0.39, 0.29) is 11.9 Å². The first kappa shape index (κ1) is 36.5. The maximum atomic E-state index is 12.2. The van der Waals surface area contributed by atoms with Crippen LogP contribution in [0.2, 0.25) is 0 Å². The van der Waals surface area contributed by atoms with Gasteiger partial charge >= 0.3 is 11.9 Å². The highest BCUT2D eigenvalue weighted by atomic mass is 32.1. The minimum atomic E-state index is -0.216. The van der Waals surface area contributed by atoms with Crippen LogP contribution in [-0.4, -0.2) is 38.4 Å². The van der Waals surface area contributed by atoms with E-state index >= 15 is 0 Å². The molecule has 0 aliphatic heterocycles. The summed E-state index contributed by atoms with van der Waals surface area (Å²) < 4.78 is 28.6. The van der Waals surface area contributed by atoms with Crippen LogP contribution in [0.5, 0.6) is 17.2 Å². The number of thiophene rings is 1. The summed E-state index contributed by atoms with van der Waals surface area (Å²) in [6.07, 6.45) is 6.71. The quantitative estimate of drug-likeness (QED) is 0.0608. The van der Waals surface area contributed by atoms with Gasteiger partial charge in [0.15, 0.2) is 0 Å². The highest BCUT2D eigenvalue weighted by Crippen LogP contribution is 2.32. The van der Waals surface area contributed by atoms with Gasteiger partial charge in [-0.1, -0.05) is 55.3 Å². The van der Waals surface area contributed by atoms with Crippen molar-refractivity contribution in [3.8, 4) is 28.4 Å². The molecule has 0 atom stereocenters. The summed E-state index contributed by atoms with van der Waals surface area (Å²) in [5, 5.41) is 4.21. The fourth-order valence-corrected chi connectivity index (χ4v) is 6.06.